The Hall–Kier alpha value is -1.80. The maximum atomic E-state index is 12.7. The molecule has 1 aliphatic carbocycles. The van der Waals surface area contributed by atoms with Gasteiger partial charge in [0.15, 0.2) is 5.82 Å². The number of carbonyl (C=O) groups excluding carboxylic acids is 1. The molecular weight excluding hydrogens is 316 g/mol. The van der Waals surface area contributed by atoms with Crippen molar-refractivity contribution < 1.29 is 14.1 Å². The number of ether oxygens (including phenoxy) is 1. The average Bonchev–Trinajstić information content (AvgIpc) is 2.99. The molecule has 1 amide bonds. The Bertz CT molecular complexity index is 709. The average molecular weight is 334 g/mol. The standard InChI is InChI=1S/C15H18N4O3S/c1-21-7-12-16-10(8-23-12)15(20)19-6-2-3-11(19)13-17-14(22-18-13)9-4-5-9/h8-9,11H,2-7H2,1H3. The fourth-order valence-electron chi connectivity index (χ4n) is 2.90. The number of carbonyl (C=O) groups is 1. The zero-order valence-corrected chi connectivity index (χ0v) is 13.7. The zero-order chi connectivity index (χ0) is 15.8. The van der Waals surface area contributed by atoms with Gasteiger partial charge in [-0.15, -0.1) is 11.3 Å². The minimum absolute atomic E-state index is 0.0659. The van der Waals surface area contributed by atoms with E-state index in [2.05, 4.69) is 15.1 Å². The van der Waals surface area contributed by atoms with Crippen LogP contribution in [0.4, 0.5) is 0 Å². The molecule has 7 nitrogen and oxygen atoms in total. The number of nitrogens with zero attached hydrogens (tertiary/aromatic N) is 4. The molecule has 2 aliphatic rings. The number of hydrogen-bond acceptors (Lipinski definition) is 7. The second kappa shape index (κ2) is 6.01. The van der Waals surface area contributed by atoms with Gasteiger partial charge in [-0.05, 0) is 25.7 Å². The lowest BCUT2D eigenvalue weighted by atomic mass is 10.2. The topological polar surface area (TPSA) is 81.4 Å². The van der Waals surface area contributed by atoms with Crippen molar-refractivity contribution in [2.45, 2.75) is 44.2 Å². The minimum Gasteiger partial charge on any atom is -0.378 e. The molecule has 2 aromatic heterocycles. The van der Waals surface area contributed by atoms with Crippen LogP contribution in [0.3, 0.4) is 0 Å². The first-order chi connectivity index (χ1) is 11.3. The summed E-state index contributed by atoms with van der Waals surface area (Å²) in [6, 6.07) is -0.105. The van der Waals surface area contributed by atoms with Crippen molar-refractivity contribution in [1.29, 1.82) is 0 Å². The number of amides is 1. The highest BCUT2D eigenvalue weighted by Gasteiger charge is 2.36. The van der Waals surface area contributed by atoms with E-state index in [9.17, 15) is 4.79 Å². The van der Waals surface area contributed by atoms with Gasteiger partial charge in [0, 0.05) is 25.0 Å². The van der Waals surface area contributed by atoms with Crippen molar-refractivity contribution in [3.8, 4) is 0 Å². The molecule has 2 aromatic rings. The van der Waals surface area contributed by atoms with Crippen LogP contribution >= 0.6 is 11.3 Å². The zero-order valence-electron chi connectivity index (χ0n) is 12.9. The number of hydrogen-bond donors (Lipinski definition) is 0. The highest BCUT2D eigenvalue weighted by atomic mass is 32.1. The van der Waals surface area contributed by atoms with E-state index in [1.54, 1.807) is 12.5 Å². The lowest BCUT2D eigenvalue weighted by Gasteiger charge is -2.21. The molecule has 23 heavy (non-hydrogen) atoms. The van der Waals surface area contributed by atoms with Gasteiger partial charge in [-0.25, -0.2) is 4.98 Å². The fourth-order valence-corrected chi connectivity index (χ4v) is 3.64. The summed E-state index contributed by atoms with van der Waals surface area (Å²) in [7, 11) is 1.62. The Balaban J connectivity index is 1.52. The summed E-state index contributed by atoms with van der Waals surface area (Å²) in [5.41, 5.74) is 0.472. The van der Waals surface area contributed by atoms with Gasteiger partial charge in [0.05, 0.1) is 12.6 Å². The molecule has 0 spiro atoms. The first-order valence-corrected chi connectivity index (χ1v) is 8.72. The number of thiazole rings is 1. The third-order valence-corrected chi connectivity index (χ3v) is 5.06. The Morgan fingerprint density at radius 2 is 2.30 bits per heavy atom. The van der Waals surface area contributed by atoms with Gasteiger partial charge >= 0.3 is 0 Å². The second-order valence-electron chi connectivity index (χ2n) is 5.98. The van der Waals surface area contributed by atoms with Crippen LogP contribution in [0.25, 0.3) is 0 Å². The van der Waals surface area contributed by atoms with E-state index in [1.165, 1.54) is 11.3 Å². The maximum absolute atomic E-state index is 12.7. The van der Waals surface area contributed by atoms with Crippen molar-refractivity contribution in [3.05, 3.63) is 27.8 Å². The minimum atomic E-state index is -0.105. The predicted octanol–water partition coefficient (Wildman–Crippen LogP) is 2.53. The van der Waals surface area contributed by atoms with Gasteiger partial charge in [0.2, 0.25) is 5.89 Å². The first kappa shape index (κ1) is 14.8. The third-order valence-electron chi connectivity index (χ3n) is 4.23. The van der Waals surface area contributed by atoms with Crippen molar-refractivity contribution >= 4 is 17.2 Å². The summed E-state index contributed by atoms with van der Waals surface area (Å²) in [6.45, 7) is 1.13. The highest BCUT2D eigenvalue weighted by Crippen LogP contribution is 2.40. The van der Waals surface area contributed by atoms with Crippen molar-refractivity contribution in [1.82, 2.24) is 20.0 Å². The van der Waals surface area contributed by atoms with Gasteiger partial charge in [-0.1, -0.05) is 5.16 Å². The molecule has 2 fully saturated rings. The molecule has 1 saturated heterocycles. The van der Waals surface area contributed by atoms with Crippen molar-refractivity contribution in [3.63, 3.8) is 0 Å². The van der Waals surface area contributed by atoms with Gasteiger partial charge in [-0.2, -0.15) is 4.98 Å². The van der Waals surface area contributed by atoms with E-state index < -0.39 is 0 Å². The van der Waals surface area contributed by atoms with Crippen LogP contribution in [-0.4, -0.2) is 39.6 Å². The van der Waals surface area contributed by atoms with Crippen molar-refractivity contribution in [2.24, 2.45) is 0 Å². The van der Waals surface area contributed by atoms with E-state index in [0.29, 0.717) is 30.6 Å². The van der Waals surface area contributed by atoms with E-state index in [-0.39, 0.29) is 11.9 Å². The number of methoxy groups -OCH3 is 1. The van der Waals surface area contributed by atoms with E-state index >= 15 is 0 Å². The van der Waals surface area contributed by atoms with E-state index in [4.69, 9.17) is 9.26 Å². The normalized spacial score (nSPS) is 21.1. The van der Waals surface area contributed by atoms with Crippen LogP contribution in [0, 0.1) is 0 Å². The number of rotatable bonds is 5. The number of aromatic nitrogens is 3. The van der Waals surface area contributed by atoms with E-state index in [1.807, 2.05) is 4.90 Å². The highest BCUT2D eigenvalue weighted by molar-refractivity contribution is 7.09. The lowest BCUT2D eigenvalue weighted by Crippen LogP contribution is -2.31. The molecule has 1 unspecified atom stereocenters. The molecular formula is C15H18N4O3S. The monoisotopic (exact) mass is 334 g/mol. The summed E-state index contributed by atoms with van der Waals surface area (Å²) in [6.07, 6.45) is 4.05. The van der Waals surface area contributed by atoms with Crippen LogP contribution in [0.2, 0.25) is 0 Å². The van der Waals surface area contributed by atoms with E-state index in [0.717, 1.165) is 36.6 Å². The lowest BCUT2D eigenvalue weighted by molar-refractivity contribution is 0.0722. The molecule has 0 aromatic carbocycles. The van der Waals surface area contributed by atoms with Crippen LogP contribution < -0.4 is 0 Å². The Morgan fingerprint density at radius 3 is 3.09 bits per heavy atom. The molecule has 0 N–H and O–H groups in total. The van der Waals surface area contributed by atoms with Crippen LogP contribution in [0.15, 0.2) is 9.90 Å². The van der Waals surface area contributed by atoms with Gasteiger partial charge in [0.25, 0.3) is 5.91 Å². The van der Waals surface area contributed by atoms with Crippen molar-refractivity contribution in [2.75, 3.05) is 13.7 Å². The van der Waals surface area contributed by atoms with Crippen LogP contribution in [0.5, 0.6) is 0 Å². The summed E-state index contributed by atoms with van der Waals surface area (Å²) in [4.78, 5) is 23.4. The third kappa shape index (κ3) is 2.88. The molecule has 1 atom stereocenters. The molecule has 8 heteroatoms. The summed E-state index contributed by atoms with van der Waals surface area (Å²) >= 11 is 1.44. The fraction of sp³-hybridized carbons (Fsp3) is 0.600. The number of likely N-dealkylation sites (tertiary alicyclic amines) is 1. The predicted molar refractivity (Wildman–Crippen MR) is 82.1 cm³/mol. The SMILES string of the molecule is COCc1nc(C(=O)N2CCCC2c2noc(C3CC3)n2)cs1. The Labute approximate surface area is 137 Å². The molecule has 0 radical (unpaired) electrons. The summed E-state index contributed by atoms with van der Waals surface area (Å²) in [5.74, 6) is 1.71. The molecule has 3 heterocycles. The Morgan fingerprint density at radius 1 is 1.43 bits per heavy atom. The molecule has 0 bridgehead atoms. The first-order valence-electron chi connectivity index (χ1n) is 7.84. The van der Waals surface area contributed by atoms with Crippen LogP contribution in [-0.2, 0) is 11.3 Å². The largest absolute Gasteiger partial charge is 0.378 e. The summed E-state index contributed by atoms with van der Waals surface area (Å²) in [5, 5.41) is 6.70. The molecule has 1 aliphatic heterocycles. The van der Waals surface area contributed by atoms with Gasteiger partial charge in [0.1, 0.15) is 10.7 Å². The molecule has 4 rings (SSSR count). The maximum Gasteiger partial charge on any atom is 0.273 e. The second-order valence-corrected chi connectivity index (χ2v) is 6.92. The smallest absolute Gasteiger partial charge is 0.273 e. The molecule has 1 saturated carbocycles. The van der Waals surface area contributed by atoms with Crippen LogP contribution in [0.1, 0.15) is 64.9 Å². The van der Waals surface area contributed by atoms with Gasteiger partial charge in [-0.3, -0.25) is 4.79 Å². The summed E-state index contributed by atoms with van der Waals surface area (Å²) < 4.78 is 10.4. The quantitative estimate of drug-likeness (QED) is 0.836. The van der Waals surface area contributed by atoms with Gasteiger partial charge < -0.3 is 14.2 Å². The molecule has 122 valence electrons. The Kier molecular flexibility index (Phi) is 3.86.